The van der Waals surface area contributed by atoms with Crippen LogP contribution in [0.1, 0.15) is 11.4 Å². The average molecular weight is 249 g/mol. The number of rotatable bonds is 1. The fraction of sp³-hybridized carbons (Fsp3) is 0.308. The van der Waals surface area contributed by atoms with Gasteiger partial charge in [0.2, 0.25) is 0 Å². The highest BCUT2D eigenvalue weighted by molar-refractivity contribution is 5.61. The summed E-state index contributed by atoms with van der Waals surface area (Å²) in [5, 5.41) is 3.19. The molecular weight excluding hydrogens is 236 g/mol. The fourth-order valence-electron chi connectivity index (χ4n) is 2.25. The van der Waals surface area contributed by atoms with Gasteiger partial charge in [0.1, 0.15) is 5.82 Å². The molecule has 1 aliphatic heterocycles. The molecule has 0 bridgehead atoms. The molecule has 5 heteroatoms. The molecule has 0 atom stereocenters. The lowest BCUT2D eigenvalue weighted by molar-refractivity contribution is 0.496. The van der Waals surface area contributed by atoms with Crippen molar-refractivity contribution in [2.24, 2.45) is 0 Å². The second-order valence-corrected chi connectivity index (χ2v) is 4.45. The molecular formula is C13H13F2N3. The zero-order valence-corrected chi connectivity index (χ0v) is 10.0. The first kappa shape index (κ1) is 11.3. The van der Waals surface area contributed by atoms with Crippen LogP contribution in [0.15, 0.2) is 18.3 Å². The van der Waals surface area contributed by atoms with E-state index in [0.717, 1.165) is 18.9 Å². The summed E-state index contributed by atoms with van der Waals surface area (Å²) in [7, 11) is 0. The zero-order valence-electron chi connectivity index (χ0n) is 10.0. The van der Waals surface area contributed by atoms with Crippen LogP contribution in [0.5, 0.6) is 0 Å². The maximum Gasteiger partial charge on any atom is 0.168 e. The van der Waals surface area contributed by atoms with Crippen molar-refractivity contribution in [1.29, 1.82) is 0 Å². The predicted octanol–water partition coefficient (Wildman–Crippen LogP) is 2.24. The van der Waals surface area contributed by atoms with Crippen LogP contribution in [0.25, 0.3) is 11.3 Å². The Kier molecular flexibility index (Phi) is 2.63. The Morgan fingerprint density at radius 2 is 2.11 bits per heavy atom. The summed E-state index contributed by atoms with van der Waals surface area (Å²) in [6, 6.07) is 3.20. The van der Waals surface area contributed by atoms with Crippen molar-refractivity contribution in [1.82, 2.24) is 14.9 Å². The molecule has 0 aliphatic carbocycles. The second kappa shape index (κ2) is 4.17. The third-order valence-corrected chi connectivity index (χ3v) is 3.28. The first-order chi connectivity index (χ1) is 8.68. The number of aryl methyl sites for hydroxylation is 1. The van der Waals surface area contributed by atoms with Gasteiger partial charge in [0.05, 0.1) is 18.4 Å². The van der Waals surface area contributed by atoms with E-state index in [1.165, 1.54) is 0 Å². The minimum atomic E-state index is -0.795. The number of fused-ring (bicyclic) bond motifs is 1. The highest BCUT2D eigenvalue weighted by atomic mass is 19.2. The van der Waals surface area contributed by atoms with Crippen molar-refractivity contribution in [3.8, 4) is 11.3 Å². The molecule has 3 rings (SSSR count). The molecule has 0 unspecified atom stereocenters. The quantitative estimate of drug-likeness (QED) is 0.840. The van der Waals surface area contributed by atoms with E-state index in [4.69, 9.17) is 0 Å². The van der Waals surface area contributed by atoms with Crippen molar-refractivity contribution in [2.45, 2.75) is 20.0 Å². The highest BCUT2D eigenvalue weighted by Gasteiger charge is 2.19. The SMILES string of the molecule is Cc1ccc(-c2cnc3n2CCNC3)c(F)c1F. The summed E-state index contributed by atoms with van der Waals surface area (Å²) in [6.45, 7) is 3.75. The summed E-state index contributed by atoms with van der Waals surface area (Å²) in [4.78, 5) is 4.24. The highest BCUT2D eigenvalue weighted by Crippen LogP contribution is 2.27. The zero-order chi connectivity index (χ0) is 12.7. The molecule has 0 fully saturated rings. The summed E-state index contributed by atoms with van der Waals surface area (Å²) in [5.74, 6) is -0.718. The number of benzene rings is 1. The number of aromatic nitrogens is 2. The topological polar surface area (TPSA) is 29.9 Å². The van der Waals surface area contributed by atoms with E-state index in [0.29, 0.717) is 17.8 Å². The van der Waals surface area contributed by atoms with Gasteiger partial charge in [0.15, 0.2) is 11.6 Å². The minimum absolute atomic E-state index is 0.277. The van der Waals surface area contributed by atoms with Crippen LogP contribution in [-0.4, -0.2) is 16.1 Å². The van der Waals surface area contributed by atoms with Crippen molar-refractivity contribution >= 4 is 0 Å². The van der Waals surface area contributed by atoms with E-state index in [1.807, 2.05) is 4.57 Å². The standard InChI is InChI=1S/C13H13F2N3/c1-8-2-3-9(13(15)12(8)14)10-6-17-11-7-16-4-5-18(10)11/h2-3,6,16H,4-5,7H2,1H3. The van der Waals surface area contributed by atoms with E-state index in [2.05, 4.69) is 10.3 Å². The molecule has 1 aromatic carbocycles. The largest absolute Gasteiger partial charge is 0.326 e. The van der Waals surface area contributed by atoms with Gasteiger partial charge < -0.3 is 9.88 Å². The molecule has 2 aromatic rings. The van der Waals surface area contributed by atoms with Crippen LogP contribution in [0, 0.1) is 18.6 Å². The minimum Gasteiger partial charge on any atom is -0.326 e. The van der Waals surface area contributed by atoms with Crippen LogP contribution in [0.4, 0.5) is 8.78 Å². The van der Waals surface area contributed by atoms with Gasteiger partial charge in [0, 0.05) is 18.7 Å². The Balaban J connectivity index is 2.16. The number of nitrogens with one attached hydrogen (secondary N) is 1. The van der Waals surface area contributed by atoms with Gasteiger partial charge in [-0.1, -0.05) is 6.07 Å². The maximum absolute atomic E-state index is 14.0. The van der Waals surface area contributed by atoms with E-state index < -0.39 is 11.6 Å². The summed E-state index contributed by atoms with van der Waals surface area (Å²) in [6.07, 6.45) is 1.61. The normalized spacial score (nSPS) is 14.6. The average Bonchev–Trinajstić information content (AvgIpc) is 2.80. The van der Waals surface area contributed by atoms with E-state index in [1.54, 1.807) is 25.3 Å². The first-order valence-corrected chi connectivity index (χ1v) is 5.88. The third kappa shape index (κ3) is 1.62. The van der Waals surface area contributed by atoms with Crippen LogP contribution in [-0.2, 0) is 13.1 Å². The molecule has 1 aliphatic rings. The molecule has 1 N–H and O–H groups in total. The molecule has 0 spiro atoms. The molecule has 3 nitrogen and oxygen atoms in total. The van der Waals surface area contributed by atoms with Crippen LogP contribution in [0.3, 0.4) is 0 Å². The van der Waals surface area contributed by atoms with Gasteiger partial charge in [-0.05, 0) is 18.6 Å². The monoisotopic (exact) mass is 249 g/mol. The molecule has 1 aromatic heterocycles. The number of halogens is 2. The Labute approximate surface area is 103 Å². The van der Waals surface area contributed by atoms with Gasteiger partial charge in [-0.2, -0.15) is 0 Å². The van der Waals surface area contributed by atoms with Gasteiger partial charge >= 0.3 is 0 Å². The predicted molar refractivity (Wildman–Crippen MR) is 64.0 cm³/mol. The van der Waals surface area contributed by atoms with Crippen LogP contribution >= 0.6 is 0 Å². The van der Waals surface area contributed by atoms with Crippen molar-refractivity contribution in [3.63, 3.8) is 0 Å². The summed E-state index contributed by atoms with van der Waals surface area (Å²) in [5.41, 5.74) is 1.23. The Morgan fingerprint density at radius 1 is 1.28 bits per heavy atom. The second-order valence-electron chi connectivity index (χ2n) is 4.45. The number of hydrogen-bond acceptors (Lipinski definition) is 2. The molecule has 0 saturated carbocycles. The van der Waals surface area contributed by atoms with Crippen LogP contribution in [0.2, 0.25) is 0 Å². The lowest BCUT2D eigenvalue weighted by Crippen LogP contribution is -2.28. The van der Waals surface area contributed by atoms with E-state index in [9.17, 15) is 8.78 Å². The molecule has 0 radical (unpaired) electrons. The lowest BCUT2D eigenvalue weighted by Gasteiger charge is -2.18. The molecule has 2 heterocycles. The molecule has 0 saturated heterocycles. The maximum atomic E-state index is 14.0. The molecule has 94 valence electrons. The third-order valence-electron chi connectivity index (χ3n) is 3.28. The molecule has 18 heavy (non-hydrogen) atoms. The van der Waals surface area contributed by atoms with Crippen LogP contribution < -0.4 is 5.32 Å². The first-order valence-electron chi connectivity index (χ1n) is 5.88. The Hall–Kier alpha value is -1.75. The Morgan fingerprint density at radius 3 is 2.94 bits per heavy atom. The fourth-order valence-corrected chi connectivity index (χ4v) is 2.25. The van der Waals surface area contributed by atoms with Crippen molar-refractivity contribution < 1.29 is 8.78 Å². The van der Waals surface area contributed by atoms with Gasteiger partial charge in [0.25, 0.3) is 0 Å². The van der Waals surface area contributed by atoms with E-state index >= 15 is 0 Å². The van der Waals surface area contributed by atoms with E-state index in [-0.39, 0.29) is 5.56 Å². The Bertz CT molecular complexity index is 605. The smallest absolute Gasteiger partial charge is 0.168 e. The number of nitrogens with zero attached hydrogens (tertiary/aromatic N) is 2. The lowest BCUT2D eigenvalue weighted by atomic mass is 10.1. The van der Waals surface area contributed by atoms with Gasteiger partial charge in [-0.3, -0.25) is 0 Å². The summed E-state index contributed by atoms with van der Waals surface area (Å²) >= 11 is 0. The van der Waals surface area contributed by atoms with Crippen molar-refractivity contribution in [3.05, 3.63) is 41.4 Å². The summed E-state index contributed by atoms with van der Waals surface area (Å²) < 4.78 is 29.5. The van der Waals surface area contributed by atoms with Crippen molar-refractivity contribution in [2.75, 3.05) is 6.54 Å². The van der Waals surface area contributed by atoms with Gasteiger partial charge in [-0.25, -0.2) is 13.8 Å². The number of imidazole rings is 1. The number of hydrogen-bond donors (Lipinski definition) is 1. The molecule has 0 amide bonds. The van der Waals surface area contributed by atoms with Gasteiger partial charge in [-0.15, -0.1) is 0 Å².